The lowest BCUT2D eigenvalue weighted by Crippen LogP contribution is -2.40. The van der Waals surface area contributed by atoms with E-state index in [1.165, 1.54) is 21.6 Å². The summed E-state index contributed by atoms with van der Waals surface area (Å²) in [6.07, 6.45) is 1.81. The van der Waals surface area contributed by atoms with Gasteiger partial charge in [0.2, 0.25) is 11.8 Å². The number of carbonyl (C=O) groups is 4. The maximum Gasteiger partial charge on any atom is 0.321 e. The summed E-state index contributed by atoms with van der Waals surface area (Å²) in [6.45, 7) is 4.68. The van der Waals surface area contributed by atoms with Crippen LogP contribution in [0.25, 0.3) is 0 Å². The van der Waals surface area contributed by atoms with Crippen LogP contribution in [-0.4, -0.2) is 48.5 Å². The molecule has 0 aromatic rings. The van der Waals surface area contributed by atoms with Gasteiger partial charge in [0.1, 0.15) is 0 Å². The van der Waals surface area contributed by atoms with Crippen LogP contribution >= 0.6 is 21.6 Å². The normalized spacial score (nSPS) is 9.83. The van der Waals surface area contributed by atoms with E-state index in [1.807, 2.05) is 13.8 Å². The average Bonchev–Trinajstić information content (AvgIpc) is 2.48. The van der Waals surface area contributed by atoms with Crippen molar-refractivity contribution in [1.82, 2.24) is 21.3 Å². The molecule has 0 aromatic heterocycles. The first-order chi connectivity index (χ1) is 11.0. The third-order valence-corrected chi connectivity index (χ3v) is 4.53. The van der Waals surface area contributed by atoms with E-state index in [4.69, 9.17) is 0 Å². The second-order valence-electron chi connectivity index (χ2n) is 4.44. The fraction of sp³-hybridized carbons (Fsp3) is 0.692. The van der Waals surface area contributed by atoms with Gasteiger partial charge in [0.15, 0.2) is 0 Å². The Kier molecular flexibility index (Phi) is 13.3. The summed E-state index contributed by atoms with van der Waals surface area (Å²) in [4.78, 5) is 45.1. The number of imide groups is 2. The van der Waals surface area contributed by atoms with Crippen molar-refractivity contribution in [3.8, 4) is 0 Å². The molecule has 0 fully saturated rings. The van der Waals surface area contributed by atoms with Gasteiger partial charge in [-0.3, -0.25) is 20.2 Å². The van der Waals surface area contributed by atoms with E-state index in [2.05, 4.69) is 21.3 Å². The minimum atomic E-state index is -0.514. The first-order valence-corrected chi connectivity index (χ1v) is 9.88. The molecule has 0 aliphatic heterocycles. The summed E-state index contributed by atoms with van der Waals surface area (Å²) in [5, 5.41) is 9.52. The Hall–Kier alpha value is -1.42. The Morgan fingerprint density at radius 3 is 2.00 bits per heavy atom. The van der Waals surface area contributed by atoms with Crippen LogP contribution in [-0.2, 0) is 9.59 Å². The molecule has 0 saturated carbocycles. The van der Waals surface area contributed by atoms with Crippen LogP contribution in [0.4, 0.5) is 9.59 Å². The molecule has 0 unspecified atom stereocenters. The highest BCUT2D eigenvalue weighted by Crippen LogP contribution is 2.19. The second-order valence-corrected chi connectivity index (χ2v) is 7.02. The number of hydrogen-bond acceptors (Lipinski definition) is 6. The summed E-state index contributed by atoms with van der Waals surface area (Å²) >= 11 is 0. The summed E-state index contributed by atoms with van der Waals surface area (Å²) in [7, 11) is 2.68. The zero-order valence-corrected chi connectivity index (χ0v) is 15.0. The molecule has 0 saturated heterocycles. The summed E-state index contributed by atoms with van der Waals surface area (Å²) in [5.41, 5.74) is 0. The molecule has 0 atom stereocenters. The van der Waals surface area contributed by atoms with Gasteiger partial charge in [0, 0.05) is 25.3 Å². The average molecular weight is 364 g/mol. The van der Waals surface area contributed by atoms with Crippen LogP contribution < -0.4 is 21.3 Å². The summed E-state index contributed by atoms with van der Waals surface area (Å²) in [5.74, 6) is 0.0535. The molecule has 0 rings (SSSR count). The monoisotopic (exact) mass is 364 g/mol. The molecule has 4 N–H and O–H groups in total. The molecule has 0 aliphatic rings. The largest absolute Gasteiger partial charge is 0.338 e. The van der Waals surface area contributed by atoms with E-state index < -0.39 is 12.1 Å². The van der Waals surface area contributed by atoms with Gasteiger partial charge in [-0.1, -0.05) is 35.4 Å². The van der Waals surface area contributed by atoms with E-state index in [0.29, 0.717) is 31.7 Å². The highest BCUT2D eigenvalue weighted by Gasteiger charge is 2.08. The van der Waals surface area contributed by atoms with Crippen molar-refractivity contribution in [3.05, 3.63) is 0 Å². The van der Waals surface area contributed by atoms with E-state index in [9.17, 15) is 19.2 Å². The Balaban J connectivity index is 3.54. The van der Waals surface area contributed by atoms with Crippen molar-refractivity contribution >= 4 is 45.5 Å². The van der Waals surface area contributed by atoms with Gasteiger partial charge in [-0.2, -0.15) is 0 Å². The topological polar surface area (TPSA) is 116 Å². The van der Waals surface area contributed by atoms with Crippen LogP contribution in [0, 0.1) is 0 Å². The summed E-state index contributed by atoms with van der Waals surface area (Å²) in [6, 6.07) is -1.00. The number of hydrogen-bond donors (Lipinski definition) is 4. The third-order valence-electron chi connectivity index (χ3n) is 2.26. The van der Waals surface area contributed by atoms with Crippen molar-refractivity contribution in [2.75, 3.05) is 24.6 Å². The molecular formula is C13H24N4O4S2. The molecule has 0 spiro atoms. The number of urea groups is 2. The zero-order valence-electron chi connectivity index (χ0n) is 13.4. The molecular weight excluding hydrogens is 340 g/mol. The van der Waals surface area contributed by atoms with Crippen LogP contribution in [0.2, 0.25) is 0 Å². The molecule has 10 heteroatoms. The van der Waals surface area contributed by atoms with Gasteiger partial charge < -0.3 is 10.6 Å². The van der Waals surface area contributed by atoms with Gasteiger partial charge >= 0.3 is 12.1 Å². The predicted molar refractivity (Wildman–Crippen MR) is 93.2 cm³/mol. The first kappa shape index (κ1) is 21.6. The lowest BCUT2D eigenvalue weighted by atomic mass is 10.3. The minimum absolute atomic E-state index is 0.144. The zero-order chi connectivity index (χ0) is 17.5. The second kappa shape index (κ2) is 14.2. The lowest BCUT2D eigenvalue weighted by Gasteiger charge is -2.06. The molecule has 132 valence electrons. The summed E-state index contributed by atoms with van der Waals surface area (Å²) < 4.78 is 0. The maximum absolute atomic E-state index is 11.4. The maximum atomic E-state index is 11.4. The fourth-order valence-corrected chi connectivity index (χ4v) is 3.01. The van der Waals surface area contributed by atoms with Crippen LogP contribution in [0.3, 0.4) is 0 Å². The van der Waals surface area contributed by atoms with Gasteiger partial charge in [0.05, 0.1) is 5.75 Å². The van der Waals surface area contributed by atoms with Crippen LogP contribution in [0.15, 0.2) is 0 Å². The van der Waals surface area contributed by atoms with Crippen molar-refractivity contribution in [3.63, 3.8) is 0 Å². The first-order valence-electron chi connectivity index (χ1n) is 7.39. The van der Waals surface area contributed by atoms with Gasteiger partial charge in [-0.15, -0.1) is 0 Å². The van der Waals surface area contributed by atoms with Gasteiger partial charge in [-0.25, -0.2) is 9.59 Å². The molecule has 6 amide bonds. The highest BCUT2D eigenvalue weighted by atomic mass is 33.1. The van der Waals surface area contributed by atoms with Crippen molar-refractivity contribution < 1.29 is 19.2 Å². The van der Waals surface area contributed by atoms with Crippen molar-refractivity contribution in [2.45, 2.75) is 33.1 Å². The molecule has 8 nitrogen and oxygen atoms in total. The highest BCUT2D eigenvalue weighted by molar-refractivity contribution is 8.76. The van der Waals surface area contributed by atoms with E-state index in [1.54, 1.807) is 0 Å². The molecule has 23 heavy (non-hydrogen) atoms. The van der Waals surface area contributed by atoms with E-state index in [0.717, 1.165) is 6.42 Å². The number of amides is 6. The molecule has 0 aliphatic carbocycles. The molecule has 0 radical (unpaired) electrons. The van der Waals surface area contributed by atoms with E-state index >= 15 is 0 Å². The third kappa shape index (κ3) is 13.9. The Bertz CT molecular complexity index is 407. The number of rotatable bonds is 10. The molecule has 0 bridgehead atoms. The smallest absolute Gasteiger partial charge is 0.321 e. The SMILES string of the molecule is CCCNC(=O)NC(=O)CSSCCNC(=O)NC(=O)CCC. The van der Waals surface area contributed by atoms with Crippen molar-refractivity contribution in [1.29, 1.82) is 0 Å². The lowest BCUT2D eigenvalue weighted by molar-refractivity contribution is -0.120. The Morgan fingerprint density at radius 1 is 0.783 bits per heavy atom. The van der Waals surface area contributed by atoms with Crippen LogP contribution in [0.1, 0.15) is 33.1 Å². The molecule has 0 aromatic carbocycles. The number of nitrogens with one attached hydrogen (secondary N) is 4. The fourth-order valence-electron chi connectivity index (χ4n) is 1.27. The van der Waals surface area contributed by atoms with Crippen LogP contribution in [0.5, 0.6) is 0 Å². The van der Waals surface area contributed by atoms with Gasteiger partial charge in [-0.05, 0) is 12.8 Å². The van der Waals surface area contributed by atoms with E-state index in [-0.39, 0.29) is 17.6 Å². The predicted octanol–water partition coefficient (Wildman–Crippen LogP) is 1.23. The quantitative estimate of drug-likeness (QED) is 0.342. The standard InChI is InChI=1S/C13H24N4O4S2/c1-3-5-10(18)16-13(21)15-7-8-22-23-9-11(19)17-12(20)14-6-4-2/h3-9H2,1-2H3,(H2,14,17,19,20)(H2,15,16,18,21). The Labute approximate surface area is 144 Å². The number of carbonyl (C=O) groups excluding carboxylic acids is 4. The van der Waals surface area contributed by atoms with Crippen molar-refractivity contribution in [2.24, 2.45) is 0 Å². The Morgan fingerprint density at radius 2 is 1.39 bits per heavy atom. The minimum Gasteiger partial charge on any atom is -0.338 e. The molecule has 0 heterocycles. The van der Waals surface area contributed by atoms with Gasteiger partial charge in [0.25, 0.3) is 0 Å².